The second-order valence-corrected chi connectivity index (χ2v) is 6.88. The number of carbonyl (C=O) groups is 1. The van der Waals surface area contributed by atoms with E-state index < -0.39 is 62.2 Å². The van der Waals surface area contributed by atoms with Gasteiger partial charge in [-0.25, -0.2) is 17.2 Å². The molecule has 0 heterocycles. The Bertz CT molecular complexity index is 769. The maximum Gasteiger partial charge on any atom is 0.501 e. The van der Waals surface area contributed by atoms with Crippen molar-refractivity contribution in [2.24, 2.45) is 0 Å². The fourth-order valence-electron chi connectivity index (χ4n) is 2.43. The van der Waals surface area contributed by atoms with E-state index in [-0.39, 0.29) is 5.56 Å². The Morgan fingerprint density at radius 1 is 1.30 bits per heavy atom. The first-order valence-electron chi connectivity index (χ1n) is 6.02. The molecule has 1 atom stereocenters. The summed E-state index contributed by atoms with van der Waals surface area (Å²) >= 11 is 0. The number of aliphatic hydroxyl groups excluding tert-OH is 1. The zero-order valence-electron chi connectivity index (χ0n) is 11.1. The fourth-order valence-corrected chi connectivity index (χ4v) is 3.45. The number of aliphatic carboxylic acids is 1. The van der Waals surface area contributed by atoms with Gasteiger partial charge >= 0.3 is 11.5 Å². The summed E-state index contributed by atoms with van der Waals surface area (Å²) in [6, 6.07) is 1.13. The predicted molar refractivity (Wildman–Crippen MR) is 64.6 cm³/mol. The smallest absolute Gasteiger partial charge is 0.481 e. The van der Waals surface area contributed by atoms with Crippen LogP contribution in [0.1, 0.15) is 22.8 Å². The first kappa shape index (κ1) is 17.6. The van der Waals surface area contributed by atoms with Crippen LogP contribution in [0.25, 0.3) is 0 Å². The van der Waals surface area contributed by atoms with Crippen LogP contribution < -0.4 is 0 Å². The number of alkyl halides is 5. The number of aliphatic hydroxyl groups is 1. The van der Waals surface area contributed by atoms with Crippen molar-refractivity contribution in [3.8, 4) is 0 Å². The van der Waals surface area contributed by atoms with Crippen molar-refractivity contribution in [3.63, 3.8) is 0 Å². The first-order chi connectivity index (χ1) is 10.3. The van der Waals surface area contributed by atoms with Gasteiger partial charge in [-0.3, -0.25) is 4.79 Å². The maximum atomic E-state index is 13.6. The number of halogens is 5. The minimum absolute atomic E-state index is 0.273. The molecule has 2 N–H and O–H groups in total. The van der Waals surface area contributed by atoms with Crippen molar-refractivity contribution in [1.29, 1.82) is 0 Å². The predicted octanol–water partition coefficient (Wildman–Crippen LogP) is 1.83. The molecule has 0 saturated heterocycles. The van der Waals surface area contributed by atoms with E-state index in [9.17, 15) is 40.3 Å². The summed E-state index contributed by atoms with van der Waals surface area (Å²) < 4.78 is 88.3. The lowest BCUT2D eigenvalue weighted by Gasteiger charge is -2.17. The third kappa shape index (κ3) is 2.78. The van der Waals surface area contributed by atoms with Crippen molar-refractivity contribution in [2.75, 3.05) is 0 Å². The van der Waals surface area contributed by atoms with E-state index in [1.807, 2.05) is 0 Å². The highest BCUT2D eigenvalue weighted by atomic mass is 32.2. The molecule has 2 rings (SSSR count). The Labute approximate surface area is 126 Å². The van der Waals surface area contributed by atoms with Crippen molar-refractivity contribution >= 4 is 15.8 Å². The Kier molecular flexibility index (Phi) is 3.93. The molecule has 0 bridgehead atoms. The molecule has 0 aliphatic heterocycles. The Balaban J connectivity index is 2.76. The molecule has 5 nitrogen and oxygen atoms in total. The molecule has 23 heavy (non-hydrogen) atoms. The van der Waals surface area contributed by atoms with Gasteiger partial charge in [0.05, 0.1) is 11.3 Å². The van der Waals surface area contributed by atoms with Gasteiger partial charge in [0.15, 0.2) is 0 Å². The molecule has 0 aromatic heterocycles. The number of carboxylic acid groups (broad SMARTS) is 1. The standard InChI is InChI=1S/C12H9F5O5S/c13-11(14)4-6-5(3-8(18)19)1-2-7(9(6)10(11)20)23(21,22)12(15,16)17/h1-2,10,20H,3-4H2,(H,18,19)/t10-/m0/s1. The number of rotatable bonds is 3. The summed E-state index contributed by atoms with van der Waals surface area (Å²) in [5.74, 6) is -5.34. The van der Waals surface area contributed by atoms with Gasteiger partial charge in [0, 0.05) is 12.0 Å². The van der Waals surface area contributed by atoms with Gasteiger partial charge in [-0.05, 0) is 17.2 Å². The topological polar surface area (TPSA) is 91.7 Å². The van der Waals surface area contributed by atoms with Gasteiger partial charge in [0.25, 0.3) is 15.8 Å². The summed E-state index contributed by atoms with van der Waals surface area (Å²) in [6.45, 7) is 0. The normalized spacial score (nSPS) is 20.3. The fraction of sp³-hybridized carbons (Fsp3) is 0.417. The molecule has 0 saturated carbocycles. The van der Waals surface area contributed by atoms with Crippen LogP contribution >= 0.6 is 0 Å². The van der Waals surface area contributed by atoms with Crippen molar-refractivity contribution < 1.29 is 45.4 Å². The summed E-state index contributed by atoms with van der Waals surface area (Å²) in [5.41, 5.74) is -7.70. The van der Waals surface area contributed by atoms with E-state index in [1.165, 1.54) is 0 Å². The molecule has 1 aromatic rings. The van der Waals surface area contributed by atoms with Gasteiger partial charge in [-0.2, -0.15) is 13.2 Å². The number of hydrogen-bond acceptors (Lipinski definition) is 4. The molecule has 0 unspecified atom stereocenters. The molecular weight excluding hydrogens is 351 g/mol. The van der Waals surface area contributed by atoms with E-state index in [1.54, 1.807) is 0 Å². The van der Waals surface area contributed by atoms with Gasteiger partial charge in [0.2, 0.25) is 0 Å². The molecule has 0 amide bonds. The molecule has 0 radical (unpaired) electrons. The summed E-state index contributed by atoms with van der Waals surface area (Å²) in [6.07, 6.45) is -4.80. The molecule has 128 valence electrons. The average Bonchev–Trinajstić information content (AvgIpc) is 2.60. The second-order valence-electron chi connectivity index (χ2n) is 4.98. The van der Waals surface area contributed by atoms with Crippen LogP contribution in [0.4, 0.5) is 22.0 Å². The van der Waals surface area contributed by atoms with Crippen LogP contribution in [-0.2, 0) is 27.5 Å². The zero-order valence-corrected chi connectivity index (χ0v) is 11.9. The van der Waals surface area contributed by atoms with Crippen LogP contribution in [0.15, 0.2) is 17.0 Å². The monoisotopic (exact) mass is 360 g/mol. The van der Waals surface area contributed by atoms with E-state index >= 15 is 0 Å². The van der Waals surface area contributed by atoms with Crippen LogP contribution in [0.5, 0.6) is 0 Å². The van der Waals surface area contributed by atoms with Crippen LogP contribution in [0.2, 0.25) is 0 Å². The lowest BCUT2D eigenvalue weighted by atomic mass is 10.0. The van der Waals surface area contributed by atoms with Crippen molar-refractivity contribution in [2.45, 2.75) is 35.3 Å². The Morgan fingerprint density at radius 2 is 1.87 bits per heavy atom. The van der Waals surface area contributed by atoms with Crippen LogP contribution in [-0.4, -0.2) is 36.0 Å². The van der Waals surface area contributed by atoms with Crippen molar-refractivity contribution in [3.05, 3.63) is 28.8 Å². The lowest BCUT2D eigenvalue weighted by molar-refractivity contribution is -0.136. The van der Waals surface area contributed by atoms with E-state index in [0.717, 1.165) is 6.07 Å². The number of fused-ring (bicyclic) bond motifs is 1. The number of sulfone groups is 1. The molecule has 0 spiro atoms. The zero-order chi connectivity index (χ0) is 17.8. The number of hydrogen-bond donors (Lipinski definition) is 2. The van der Waals surface area contributed by atoms with E-state index in [0.29, 0.717) is 6.07 Å². The lowest BCUT2D eigenvalue weighted by Crippen LogP contribution is -2.26. The van der Waals surface area contributed by atoms with Crippen LogP contribution in [0, 0.1) is 0 Å². The molecule has 1 aliphatic rings. The minimum atomic E-state index is -5.97. The van der Waals surface area contributed by atoms with E-state index in [2.05, 4.69) is 0 Å². The highest BCUT2D eigenvalue weighted by Crippen LogP contribution is 2.48. The largest absolute Gasteiger partial charge is 0.501 e. The van der Waals surface area contributed by atoms with E-state index in [4.69, 9.17) is 5.11 Å². The van der Waals surface area contributed by atoms with Crippen LogP contribution in [0.3, 0.4) is 0 Å². The average molecular weight is 360 g/mol. The molecule has 0 fully saturated rings. The highest BCUT2D eigenvalue weighted by Gasteiger charge is 2.54. The number of carboxylic acids is 1. The summed E-state index contributed by atoms with van der Waals surface area (Å²) in [4.78, 5) is 9.22. The van der Waals surface area contributed by atoms with Gasteiger partial charge in [-0.1, -0.05) is 6.07 Å². The second kappa shape index (κ2) is 5.13. The molecular formula is C12H9F5O5S. The summed E-state index contributed by atoms with van der Waals surface area (Å²) in [7, 11) is -5.97. The summed E-state index contributed by atoms with van der Waals surface area (Å²) in [5, 5.41) is 18.3. The SMILES string of the molecule is O=C(O)Cc1ccc(S(=O)(=O)C(F)(F)F)c2c1CC(F)(F)[C@H]2O. The van der Waals surface area contributed by atoms with Gasteiger partial charge in [-0.15, -0.1) is 0 Å². The third-order valence-corrected chi connectivity index (χ3v) is 4.98. The molecule has 1 aliphatic carbocycles. The van der Waals surface area contributed by atoms with Gasteiger partial charge < -0.3 is 10.2 Å². The highest BCUT2D eigenvalue weighted by molar-refractivity contribution is 7.92. The first-order valence-corrected chi connectivity index (χ1v) is 7.51. The molecule has 1 aromatic carbocycles. The van der Waals surface area contributed by atoms with Crippen molar-refractivity contribution in [1.82, 2.24) is 0 Å². The van der Waals surface area contributed by atoms with Gasteiger partial charge in [0.1, 0.15) is 6.10 Å². The quantitative estimate of drug-likeness (QED) is 0.803. The Morgan fingerprint density at radius 3 is 2.35 bits per heavy atom. The third-order valence-electron chi connectivity index (χ3n) is 3.44. The minimum Gasteiger partial charge on any atom is -0.481 e. The number of benzene rings is 1. The maximum absolute atomic E-state index is 13.6. The molecule has 11 heteroatoms. The Hall–Kier alpha value is -1.75.